The zero-order valence-electron chi connectivity index (χ0n) is 22.8. The fourth-order valence-electron chi connectivity index (χ4n) is 4.91. The second-order valence-electron chi connectivity index (χ2n) is 10.0. The molecule has 1 saturated carbocycles. The number of carbonyl (C=O) groups excluding carboxylic acids is 1. The first kappa shape index (κ1) is 29.2. The number of hydrogen-bond donors (Lipinski definition) is 0. The van der Waals surface area contributed by atoms with Crippen LogP contribution in [0.1, 0.15) is 63.4 Å². The van der Waals surface area contributed by atoms with Crippen molar-refractivity contribution in [3.8, 4) is 28.4 Å². The number of esters is 1. The molecule has 4 rings (SSSR count). The third-order valence-electron chi connectivity index (χ3n) is 7.25. The predicted octanol–water partition coefficient (Wildman–Crippen LogP) is 8.78. The maximum absolute atomic E-state index is 15.2. The standard InChI is InChI=1S/C33H35F3O4/c1-3-5-19-38-25-13-11-23(12-14-25)28-17-16-27(31(35)32(28)36)22-7-9-24(10-8-22)33(37)40-30-18-15-26(21-29(30)34)39-20-6-4-2/h4,11-18,21-22,24H,2-3,5-10,19-20H2,1H3. The Bertz CT molecular complexity index is 1300. The van der Waals surface area contributed by atoms with E-state index in [2.05, 4.69) is 13.5 Å². The molecule has 1 aliphatic carbocycles. The Morgan fingerprint density at radius 1 is 0.900 bits per heavy atom. The minimum Gasteiger partial charge on any atom is -0.494 e. The van der Waals surface area contributed by atoms with Crippen LogP contribution in [0.25, 0.3) is 11.1 Å². The summed E-state index contributed by atoms with van der Waals surface area (Å²) in [4.78, 5) is 12.7. The summed E-state index contributed by atoms with van der Waals surface area (Å²) in [5.74, 6) is -2.74. The van der Waals surface area contributed by atoms with Gasteiger partial charge in [-0.25, -0.2) is 13.2 Å². The first-order valence-corrected chi connectivity index (χ1v) is 13.9. The average molecular weight is 553 g/mol. The van der Waals surface area contributed by atoms with E-state index in [0.29, 0.717) is 67.9 Å². The van der Waals surface area contributed by atoms with Crippen LogP contribution in [0.5, 0.6) is 17.2 Å². The maximum atomic E-state index is 15.2. The summed E-state index contributed by atoms with van der Waals surface area (Å²) in [6, 6.07) is 14.3. The Morgan fingerprint density at radius 2 is 1.60 bits per heavy atom. The summed E-state index contributed by atoms with van der Waals surface area (Å²) >= 11 is 0. The molecule has 1 fully saturated rings. The molecule has 212 valence electrons. The van der Waals surface area contributed by atoms with Crippen molar-refractivity contribution in [1.82, 2.24) is 0 Å². The maximum Gasteiger partial charge on any atom is 0.314 e. The van der Waals surface area contributed by atoms with Crippen LogP contribution in [-0.4, -0.2) is 19.2 Å². The SMILES string of the molecule is C=CCCOc1ccc(OC(=O)C2CCC(c3ccc(-c4ccc(OCCCC)cc4)c(F)c3F)CC2)c(F)c1. The van der Waals surface area contributed by atoms with Crippen LogP contribution in [-0.2, 0) is 4.79 Å². The molecule has 1 aliphatic rings. The molecular formula is C33H35F3O4. The van der Waals surface area contributed by atoms with E-state index in [1.165, 1.54) is 12.1 Å². The van der Waals surface area contributed by atoms with Crippen molar-refractivity contribution in [2.45, 2.75) is 57.8 Å². The van der Waals surface area contributed by atoms with Gasteiger partial charge in [-0.3, -0.25) is 4.79 Å². The Morgan fingerprint density at radius 3 is 2.27 bits per heavy atom. The molecule has 0 bridgehead atoms. The van der Waals surface area contributed by atoms with Crippen molar-refractivity contribution in [2.24, 2.45) is 5.92 Å². The fraction of sp³-hybridized carbons (Fsp3) is 0.364. The van der Waals surface area contributed by atoms with Gasteiger partial charge in [0.15, 0.2) is 23.2 Å². The largest absolute Gasteiger partial charge is 0.494 e. The van der Waals surface area contributed by atoms with Gasteiger partial charge >= 0.3 is 5.97 Å². The van der Waals surface area contributed by atoms with Crippen LogP contribution in [0, 0.1) is 23.4 Å². The van der Waals surface area contributed by atoms with Gasteiger partial charge in [-0.1, -0.05) is 43.7 Å². The fourth-order valence-corrected chi connectivity index (χ4v) is 4.91. The van der Waals surface area contributed by atoms with Crippen molar-refractivity contribution < 1.29 is 32.2 Å². The van der Waals surface area contributed by atoms with E-state index in [1.807, 2.05) is 0 Å². The van der Waals surface area contributed by atoms with E-state index in [9.17, 15) is 9.18 Å². The zero-order chi connectivity index (χ0) is 28.5. The van der Waals surface area contributed by atoms with E-state index in [4.69, 9.17) is 14.2 Å². The van der Waals surface area contributed by atoms with Gasteiger partial charge in [0, 0.05) is 11.6 Å². The van der Waals surface area contributed by atoms with Gasteiger partial charge < -0.3 is 14.2 Å². The minimum absolute atomic E-state index is 0.160. The molecule has 0 heterocycles. The van der Waals surface area contributed by atoms with E-state index in [-0.39, 0.29) is 17.2 Å². The monoisotopic (exact) mass is 552 g/mol. The lowest BCUT2D eigenvalue weighted by atomic mass is 9.78. The van der Waals surface area contributed by atoms with Gasteiger partial charge in [0.1, 0.15) is 11.5 Å². The third-order valence-corrected chi connectivity index (χ3v) is 7.25. The lowest BCUT2D eigenvalue weighted by Gasteiger charge is -2.28. The van der Waals surface area contributed by atoms with Gasteiger partial charge in [0.05, 0.1) is 19.1 Å². The molecule has 40 heavy (non-hydrogen) atoms. The molecule has 0 aromatic heterocycles. The minimum atomic E-state index is -0.883. The highest BCUT2D eigenvalue weighted by Gasteiger charge is 2.31. The molecule has 0 amide bonds. The van der Waals surface area contributed by atoms with Crippen LogP contribution in [0.4, 0.5) is 13.2 Å². The molecule has 0 unspecified atom stereocenters. The summed E-state index contributed by atoms with van der Waals surface area (Å²) in [7, 11) is 0. The number of unbranched alkanes of at least 4 members (excludes halogenated alkanes) is 1. The second-order valence-corrected chi connectivity index (χ2v) is 10.0. The molecule has 0 atom stereocenters. The van der Waals surface area contributed by atoms with Crippen molar-refractivity contribution >= 4 is 5.97 Å². The summed E-state index contributed by atoms with van der Waals surface area (Å²) < 4.78 is 61.1. The Balaban J connectivity index is 1.34. The second kappa shape index (κ2) is 14.1. The van der Waals surface area contributed by atoms with Crippen molar-refractivity contribution in [3.05, 3.63) is 90.3 Å². The van der Waals surface area contributed by atoms with Crippen molar-refractivity contribution in [1.29, 1.82) is 0 Å². The molecule has 0 spiro atoms. The van der Waals surface area contributed by atoms with Gasteiger partial charge in [-0.15, -0.1) is 6.58 Å². The number of rotatable bonds is 12. The van der Waals surface area contributed by atoms with Gasteiger partial charge in [-0.05, 0) is 79.8 Å². The number of hydrogen-bond acceptors (Lipinski definition) is 4. The summed E-state index contributed by atoms with van der Waals surface area (Å²) in [5.41, 5.74) is 1.07. The molecule has 4 nitrogen and oxygen atoms in total. The van der Waals surface area contributed by atoms with Crippen molar-refractivity contribution in [3.63, 3.8) is 0 Å². The Hall–Kier alpha value is -3.74. The average Bonchev–Trinajstić information content (AvgIpc) is 2.97. The van der Waals surface area contributed by atoms with Crippen LogP contribution in [0.3, 0.4) is 0 Å². The van der Waals surface area contributed by atoms with Gasteiger partial charge in [0.2, 0.25) is 0 Å². The van der Waals surface area contributed by atoms with Crippen molar-refractivity contribution in [2.75, 3.05) is 13.2 Å². The van der Waals surface area contributed by atoms with Crippen LogP contribution in [0.2, 0.25) is 0 Å². The zero-order valence-corrected chi connectivity index (χ0v) is 22.8. The molecule has 7 heteroatoms. The lowest BCUT2D eigenvalue weighted by molar-refractivity contribution is -0.140. The van der Waals surface area contributed by atoms with Crippen LogP contribution < -0.4 is 14.2 Å². The topological polar surface area (TPSA) is 44.8 Å². The molecule has 0 radical (unpaired) electrons. The Kier molecular flexibility index (Phi) is 10.3. The van der Waals surface area contributed by atoms with E-state index < -0.39 is 29.3 Å². The number of halogens is 3. The van der Waals surface area contributed by atoms with E-state index in [1.54, 1.807) is 48.5 Å². The van der Waals surface area contributed by atoms with Crippen LogP contribution >= 0.6 is 0 Å². The quantitative estimate of drug-likeness (QED) is 0.0975. The summed E-state index contributed by atoms with van der Waals surface area (Å²) in [6.07, 6.45) is 6.19. The first-order valence-electron chi connectivity index (χ1n) is 13.9. The lowest BCUT2D eigenvalue weighted by Crippen LogP contribution is -2.25. The molecule has 3 aromatic rings. The summed E-state index contributed by atoms with van der Waals surface area (Å²) in [5, 5.41) is 0. The van der Waals surface area contributed by atoms with E-state index in [0.717, 1.165) is 12.8 Å². The molecule has 0 saturated heterocycles. The van der Waals surface area contributed by atoms with Gasteiger partial charge in [0.25, 0.3) is 0 Å². The van der Waals surface area contributed by atoms with E-state index >= 15 is 8.78 Å². The smallest absolute Gasteiger partial charge is 0.314 e. The Labute approximate surface area is 233 Å². The first-order chi connectivity index (χ1) is 19.4. The van der Waals surface area contributed by atoms with Gasteiger partial charge in [-0.2, -0.15) is 0 Å². The summed E-state index contributed by atoms with van der Waals surface area (Å²) in [6.45, 7) is 6.68. The molecule has 0 aliphatic heterocycles. The number of benzene rings is 3. The highest BCUT2D eigenvalue weighted by molar-refractivity contribution is 5.75. The number of ether oxygens (including phenoxy) is 3. The normalized spacial score (nSPS) is 16.8. The van der Waals surface area contributed by atoms with Crippen LogP contribution in [0.15, 0.2) is 67.3 Å². The molecule has 0 N–H and O–H groups in total. The highest BCUT2D eigenvalue weighted by atomic mass is 19.2. The molecule has 3 aromatic carbocycles. The predicted molar refractivity (Wildman–Crippen MR) is 149 cm³/mol. The third kappa shape index (κ3) is 7.26. The highest BCUT2D eigenvalue weighted by Crippen LogP contribution is 2.39. The number of carbonyl (C=O) groups is 1. The molecular weight excluding hydrogens is 517 g/mol.